The fraction of sp³-hybridized carbons (Fsp3) is 0.300. The molecule has 0 aliphatic carbocycles. The molecular formula is C20H18FN5O2. The van der Waals surface area contributed by atoms with Gasteiger partial charge in [-0.15, -0.1) is 10.2 Å². The Kier molecular flexibility index (Phi) is 3.94. The van der Waals surface area contributed by atoms with Gasteiger partial charge in [-0.3, -0.25) is 4.79 Å². The molecule has 1 atom stereocenters. The van der Waals surface area contributed by atoms with Gasteiger partial charge in [0, 0.05) is 12.8 Å². The van der Waals surface area contributed by atoms with Gasteiger partial charge in [-0.25, -0.2) is 8.91 Å². The topological polar surface area (TPSA) is 74.3 Å². The van der Waals surface area contributed by atoms with Gasteiger partial charge in [0.05, 0.1) is 23.9 Å². The number of halogens is 1. The Hall–Kier alpha value is -3.13. The van der Waals surface area contributed by atoms with Crippen LogP contribution < -0.4 is 5.56 Å². The second kappa shape index (κ2) is 6.49. The molecule has 0 N–H and O–H groups in total. The van der Waals surface area contributed by atoms with Gasteiger partial charge in [0.2, 0.25) is 0 Å². The number of fused-ring (bicyclic) bond motifs is 3. The lowest BCUT2D eigenvalue weighted by Crippen LogP contribution is -2.27. The van der Waals surface area contributed by atoms with E-state index in [0.717, 1.165) is 36.3 Å². The fourth-order valence-electron chi connectivity index (χ4n) is 3.80. The van der Waals surface area contributed by atoms with Crippen LogP contribution in [-0.2, 0) is 11.3 Å². The van der Waals surface area contributed by atoms with E-state index in [4.69, 9.17) is 4.74 Å². The average Bonchev–Trinajstić information content (AvgIpc) is 3.32. The maximum Gasteiger partial charge on any atom is 0.280 e. The Morgan fingerprint density at radius 2 is 2.04 bits per heavy atom. The van der Waals surface area contributed by atoms with E-state index in [2.05, 4.69) is 15.3 Å². The molecule has 1 fully saturated rings. The van der Waals surface area contributed by atoms with Crippen molar-refractivity contribution in [2.75, 3.05) is 6.61 Å². The molecule has 142 valence electrons. The Bertz CT molecular complexity index is 1240. The first-order valence-corrected chi connectivity index (χ1v) is 9.24. The lowest BCUT2D eigenvalue weighted by Gasteiger charge is -2.12. The molecule has 0 radical (unpaired) electrons. The lowest BCUT2D eigenvalue weighted by molar-refractivity contribution is 0.0963. The number of ether oxygens (including phenoxy) is 1. The van der Waals surface area contributed by atoms with Crippen molar-refractivity contribution in [1.29, 1.82) is 0 Å². The highest BCUT2D eigenvalue weighted by Gasteiger charge is 2.20. The van der Waals surface area contributed by atoms with E-state index in [1.807, 2.05) is 13.0 Å². The second-order valence-corrected chi connectivity index (χ2v) is 7.04. The largest absolute Gasteiger partial charge is 0.376 e. The molecule has 1 aromatic carbocycles. The van der Waals surface area contributed by atoms with Crippen molar-refractivity contribution in [3.63, 3.8) is 0 Å². The van der Waals surface area contributed by atoms with Crippen LogP contribution >= 0.6 is 0 Å². The molecule has 0 spiro atoms. The Morgan fingerprint density at radius 3 is 2.79 bits per heavy atom. The molecule has 3 aromatic heterocycles. The monoisotopic (exact) mass is 379 g/mol. The first-order valence-electron chi connectivity index (χ1n) is 9.24. The molecule has 4 heterocycles. The quantitative estimate of drug-likeness (QED) is 0.547. The van der Waals surface area contributed by atoms with E-state index in [1.165, 1.54) is 12.1 Å². The standard InChI is InChI=1S/C20H18FN5O2/c1-12-17(13-4-6-14(21)7-5-13)19-23-22-18-16(26(19)24-12)8-9-25(20(18)27)11-15-3-2-10-28-15/h4-9,15H,2-3,10-11H2,1H3. The smallest absolute Gasteiger partial charge is 0.280 e. The number of benzene rings is 1. The summed E-state index contributed by atoms with van der Waals surface area (Å²) in [7, 11) is 0. The van der Waals surface area contributed by atoms with Crippen molar-refractivity contribution in [2.45, 2.75) is 32.4 Å². The van der Waals surface area contributed by atoms with Crippen molar-refractivity contribution >= 4 is 16.7 Å². The third-order valence-electron chi connectivity index (χ3n) is 5.18. The Morgan fingerprint density at radius 1 is 1.21 bits per heavy atom. The Balaban J connectivity index is 1.66. The summed E-state index contributed by atoms with van der Waals surface area (Å²) in [5, 5.41) is 13.0. The summed E-state index contributed by atoms with van der Waals surface area (Å²) in [6, 6.07) is 8.00. The van der Waals surface area contributed by atoms with Crippen molar-refractivity contribution in [2.24, 2.45) is 0 Å². The van der Waals surface area contributed by atoms with Gasteiger partial charge in [-0.2, -0.15) is 5.10 Å². The second-order valence-electron chi connectivity index (χ2n) is 7.04. The van der Waals surface area contributed by atoms with Gasteiger partial charge in [-0.1, -0.05) is 12.1 Å². The third-order valence-corrected chi connectivity index (χ3v) is 5.18. The summed E-state index contributed by atoms with van der Waals surface area (Å²) in [4.78, 5) is 12.9. The van der Waals surface area contributed by atoms with Crippen LogP contribution in [0.1, 0.15) is 18.5 Å². The molecular weight excluding hydrogens is 361 g/mol. The van der Waals surface area contributed by atoms with Crippen LogP contribution in [0, 0.1) is 12.7 Å². The van der Waals surface area contributed by atoms with E-state index in [-0.39, 0.29) is 23.0 Å². The van der Waals surface area contributed by atoms with Gasteiger partial charge < -0.3 is 9.30 Å². The SMILES string of the molecule is Cc1nn2c(nnc3c(=O)n(CC4CCCO4)ccc32)c1-c1ccc(F)cc1. The first-order chi connectivity index (χ1) is 13.6. The average molecular weight is 379 g/mol. The highest BCUT2D eigenvalue weighted by Crippen LogP contribution is 2.28. The van der Waals surface area contributed by atoms with Gasteiger partial charge in [0.25, 0.3) is 5.56 Å². The Labute approximate surface area is 159 Å². The molecule has 0 bridgehead atoms. The molecule has 7 nitrogen and oxygen atoms in total. The maximum absolute atomic E-state index is 13.3. The molecule has 5 rings (SSSR count). The van der Waals surface area contributed by atoms with Crippen LogP contribution in [0.25, 0.3) is 27.8 Å². The molecule has 1 saturated heterocycles. The minimum absolute atomic E-state index is 0.0591. The van der Waals surface area contributed by atoms with Crippen LogP contribution in [0.4, 0.5) is 4.39 Å². The lowest BCUT2D eigenvalue weighted by atomic mass is 10.1. The molecule has 0 saturated carbocycles. The number of pyridine rings is 1. The van der Waals surface area contributed by atoms with Crippen LogP contribution in [-0.4, -0.2) is 37.1 Å². The molecule has 4 aromatic rings. The van der Waals surface area contributed by atoms with Crippen LogP contribution in [0.15, 0.2) is 41.3 Å². The predicted octanol–water partition coefficient (Wildman–Crippen LogP) is 2.73. The summed E-state index contributed by atoms with van der Waals surface area (Å²) < 4.78 is 22.2. The molecule has 1 aliphatic rings. The van der Waals surface area contributed by atoms with E-state index >= 15 is 0 Å². The summed E-state index contributed by atoms with van der Waals surface area (Å²) in [6.07, 6.45) is 3.78. The summed E-state index contributed by atoms with van der Waals surface area (Å²) in [6.45, 7) is 3.11. The van der Waals surface area contributed by atoms with Crippen molar-refractivity contribution in [1.82, 2.24) is 24.4 Å². The zero-order chi connectivity index (χ0) is 19.3. The summed E-state index contributed by atoms with van der Waals surface area (Å²) in [5.41, 5.74) is 3.49. The van der Waals surface area contributed by atoms with Gasteiger partial charge >= 0.3 is 0 Å². The minimum atomic E-state index is -0.304. The number of aromatic nitrogens is 5. The van der Waals surface area contributed by atoms with Crippen molar-refractivity contribution < 1.29 is 9.13 Å². The third kappa shape index (κ3) is 2.68. The molecule has 28 heavy (non-hydrogen) atoms. The fourth-order valence-corrected chi connectivity index (χ4v) is 3.80. The first kappa shape index (κ1) is 17.0. The van der Waals surface area contributed by atoms with Crippen LogP contribution in [0.3, 0.4) is 0 Å². The van der Waals surface area contributed by atoms with Crippen molar-refractivity contribution in [3.8, 4) is 11.1 Å². The number of hydrogen-bond donors (Lipinski definition) is 0. The van der Waals surface area contributed by atoms with Crippen LogP contribution in [0.5, 0.6) is 0 Å². The molecule has 1 unspecified atom stereocenters. The number of nitrogens with zero attached hydrogens (tertiary/aromatic N) is 5. The van der Waals surface area contributed by atoms with Crippen molar-refractivity contribution in [3.05, 3.63) is 58.4 Å². The molecule has 1 aliphatic heterocycles. The number of aryl methyl sites for hydroxylation is 1. The maximum atomic E-state index is 13.3. The summed E-state index contributed by atoms with van der Waals surface area (Å²) >= 11 is 0. The normalized spacial score (nSPS) is 17.0. The van der Waals surface area contributed by atoms with E-state index in [1.54, 1.807) is 27.4 Å². The minimum Gasteiger partial charge on any atom is -0.376 e. The van der Waals surface area contributed by atoms with E-state index in [0.29, 0.717) is 17.7 Å². The predicted molar refractivity (Wildman–Crippen MR) is 102 cm³/mol. The summed E-state index contributed by atoms with van der Waals surface area (Å²) in [5.74, 6) is -0.304. The van der Waals surface area contributed by atoms with Gasteiger partial charge in [0.1, 0.15) is 11.3 Å². The zero-order valence-corrected chi connectivity index (χ0v) is 15.3. The van der Waals surface area contributed by atoms with E-state index in [9.17, 15) is 9.18 Å². The highest BCUT2D eigenvalue weighted by atomic mass is 19.1. The van der Waals surface area contributed by atoms with E-state index < -0.39 is 0 Å². The van der Waals surface area contributed by atoms with Gasteiger partial charge in [0.15, 0.2) is 11.2 Å². The molecule has 8 heteroatoms. The number of rotatable bonds is 3. The van der Waals surface area contributed by atoms with Crippen LogP contribution in [0.2, 0.25) is 0 Å². The zero-order valence-electron chi connectivity index (χ0n) is 15.3. The highest BCUT2D eigenvalue weighted by molar-refractivity contribution is 5.84. The van der Waals surface area contributed by atoms with Gasteiger partial charge in [-0.05, 0) is 43.5 Å². The molecule has 0 amide bonds. The number of hydrogen-bond acceptors (Lipinski definition) is 5.